The largest absolute Gasteiger partial charge is 0.296 e. The van der Waals surface area contributed by atoms with E-state index in [0.29, 0.717) is 23.4 Å². The van der Waals surface area contributed by atoms with E-state index in [-0.39, 0.29) is 5.78 Å². The third-order valence-electron chi connectivity index (χ3n) is 1.36. The lowest BCUT2D eigenvalue weighted by molar-refractivity contribution is 0.0981. The number of ketones is 1. The van der Waals surface area contributed by atoms with E-state index in [4.69, 9.17) is 0 Å². The second kappa shape index (κ2) is 4.11. The molecule has 0 unspecified atom stereocenters. The minimum atomic E-state index is 0.0237. The van der Waals surface area contributed by atoms with Crippen LogP contribution in [0.2, 0.25) is 0 Å². The van der Waals surface area contributed by atoms with Gasteiger partial charge in [-0.3, -0.25) is 9.59 Å². The lowest BCUT2D eigenvalue weighted by atomic mass is 10.2. The summed E-state index contributed by atoms with van der Waals surface area (Å²) in [7, 11) is 0. The number of carbonyl (C=O) groups is 2. The molecular weight excluding hydrogens is 174 g/mol. The van der Waals surface area contributed by atoms with Crippen LogP contribution in [0.25, 0.3) is 0 Å². The summed E-state index contributed by atoms with van der Waals surface area (Å²) in [5.74, 6) is 0.0237. The Kier molecular flexibility index (Phi) is 3.10. The molecule has 3 nitrogen and oxygen atoms in total. The van der Waals surface area contributed by atoms with Crippen LogP contribution in [0.15, 0.2) is 5.38 Å². The van der Waals surface area contributed by atoms with Gasteiger partial charge in [0.1, 0.15) is 5.69 Å². The molecule has 12 heavy (non-hydrogen) atoms. The molecule has 1 heterocycles. The first-order chi connectivity index (χ1) is 5.77. The highest BCUT2D eigenvalue weighted by atomic mass is 32.1. The van der Waals surface area contributed by atoms with Gasteiger partial charge in [0.05, 0.1) is 0 Å². The minimum Gasteiger partial charge on any atom is -0.296 e. The van der Waals surface area contributed by atoms with Crippen LogP contribution >= 0.6 is 11.3 Å². The molecule has 0 aromatic carbocycles. The molecule has 0 aliphatic rings. The first kappa shape index (κ1) is 9.06. The average Bonchev–Trinajstić information content (AvgIpc) is 2.52. The van der Waals surface area contributed by atoms with Crippen LogP contribution in [-0.2, 0) is 0 Å². The molecule has 0 spiro atoms. The summed E-state index contributed by atoms with van der Waals surface area (Å²) in [6.07, 6.45) is 1.97. The normalized spacial score (nSPS) is 9.75. The van der Waals surface area contributed by atoms with Crippen molar-refractivity contribution in [3.05, 3.63) is 16.1 Å². The molecule has 0 atom stereocenters. The van der Waals surface area contributed by atoms with Crippen molar-refractivity contribution >= 4 is 23.4 Å². The number of rotatable bonds is 4. The van der Waals surface area contributed by atoms with E-state index >= 15 is 0 Å². The summed E-state index contributed by atoms with van der Waals surface area (Å²) in [6.45, 7) is 1.94. The number of Topliss-reactive ketones (excluding diaryl/α,β-unsaturated/α-hetero) is 1. The van der Waals surface area contributed by atoms with Gasteiger partial charge in [0.15, 0.2) is 17.1 Å². The van der Waals surface area contributed by atoms with Crippen LogP contribution in [-0.4, -0.2) is 17.1 Å². The first-order valence-corrected chi connectivity index (χ1v) is 4.59. The number of hydrogen-bond donors (Lipinski definition) is 0. The van der Waals surface area contributed by atoms with Gasteiger partial charge in [-0.25, -0.2) is 4.98 Å². The molecule has 4 heteroatoms. The zero-order valence-corrected chi connectivity index (χ0v) is 7.56. The molecule has 1 aromatic heterocycles. The van der Waals surface area contributed by atoms with E-state index in [0.717, 1.165) is 6.42 Å². The second-order valence-corrected chi connectivity index (χ2v) is 3.23. The third kappa shape index (κ3) is 1.98. The highest BCUT2D eigenvalue weighted by molar-refractivity contribution is 7.11. The predicted octanol–water partition coefficient (Wildman–Crippen LogP) is 1.94. The number of thiazole rings is 1. The number of carbonyl (C=O) groups excluding carboxylic acids is 2. The van der Waals surface area contributed by atoms with E-state index in [1.165, 1.54) is 11.3 Å². The quantitative estimate of drug-likeness (QED) is 0.529. The summed E-state index contributed by atoms with van der Waals surface area (Å²) >= 11 is 1.23. The van der Waals surface area contributed by atoms with E-state index in [9.17, 15) is 9.59 Å². The average molecular weight is 183 g/mol. The van der Waals surface area contributed by atoms with Crippen LogP contribution in [0.1, 0.15) is 40.1 Å². The Balaban J connectivity index is 2.74. The lowest BCUT2D eigenvalue weighted by Gasteiger charge is -1.89. The van der Waals surface area contributed by atoms with Crippen LogP contribution in [0.3, 0.4) is 0 Å². The number of nitrogens with zero attached hydrogens (tertiary/aromatic N) is 1. The molecule has 0 aliphatic carbocycles. The van der Waals surface area contributed by atoms with Crippen molar-refractivity contribution in [2.45, 2.75) is 19.8 Å². The summed E-state index contributed by atoms with van der Waals surface area (Å²) in [6, 6.07) is 0. The molecule has 1 rings (SSSR count). The molecule has 0 fully saturated rings. The van der Waals surface area contributed by atoms with Crippen LogP contribution in [0.5, 0.6) is 0 Å². The van der Waals surface area contributed by atoms with Gasteiger partial charge in [-0.05, 0) is 6.42 Å². The topological polar surface area (TPSA) is 47.0 Å². The van der Waals surface area contributed by atoms with Crippen LogP contribution in [0, 0.1) is 0 Å². The zero-order valence-electron chi connectivity index (χ0n) is 6.74. The van der Waals surface area contributed by atoms with Crippen molar-refractivity contribution in [2.24, 2.45) is 0 Å². The number of aldehydes is 1. The summed E-state index contributed by atoms with van der Waals surface area (Å²) in [5.41, 5.74) is 0.347. The molecule has 64 valence electrons. The Morgan fingerprint density at radius 1 is 1.75 bits per heavy atom. The Morgan fingerprint density at radius 2 is 2.50 bits per heavy atom. The fourth-order valence-electron chi connectivity index (χ4n) is 0.802. The molecule has 0 aliphatic heterocycles. The van der Waals surface area contributed by atoms with Gasteiger partial charge in [0.2, 0.25) is 0 Å². The molecule has 0 bridgehead atoms. The smallest absolute Gasteiger partial charge is 0.191 e. The molecule has 0 saturated carbocycles. The molecule has 0 amide bonds. The van der Waals surface area contributed by atoms with Crippen molar-refractivity contribution in [1.82, 2.24) is 4.98 Å². The van der Waals surface area contributed by atoms with Gasteiger partial charge < -0.3 is 0 Å². The van der Waals surface area contributed by atoms with Crippen molar-refractivity contribution in [1.29, 1.82) is 0 Å². The Bertz CT molecular complexity index is 293. The van der Waals surface area contributed by atoms with Gasteiger partial charge in [-0.1, -0.05) is 6.92 Å². The number of hydrogen-bond acceptors (Lipinski definition) is 4. The second-order valence-electron chi connectivity index (χ2n) is 2.37. The van der Waals surface area contributed by atoms with Crippen molar-refractivity contribution in [2.75, 3.05) is 0 Å². The fraction of sp³-hybridized carbons (Fsp3) is 0.375. The fourth-order valence-corrected chi connectivity index (χ4v) is 1.53. The highest BCUT2D eigenvalue weighted by Crippen LogP contribution is 2.11. The summed E-state index contributed by atoms with van der Waals surface area (Å²) in [4.78, 5) is 25.3. The summed E-state index contributed by atoms with van der Waals surface area (Å²) in [5, 5.41) is 2.04. The van der Waals surface area contributed by atoms with Crippen LogP contribution in [0.4, 0.5) is 0 Å². The maximum atomic E-state index is 11.2. The summed E-state index contributed by atoms with van der Waals surface area (Å²) < 4.78 is 0. The number of aromatic nitrogens is 1. The molecular formula is C8H9NO2S. The Labute approximate surface area is 74.4 Å². The predicted molar refractivity (Wildman–Crippen MR) is 46.7 cm³/mol. The molecule has 1 aromatic rings. The van der Waals surface area contributed by atoms with Crippen molar-refractivity contribution in [3.8, 4) is 0 Å². The van der Waals surface area contributed by atoms with E-state index in [1.54, 1.807) is 5.38 Å². The maximum absolute atomic E-state index is 11.2. The van der Waals surface area contributed by atoms with Gasteiger partial charge in [0.25, 0.3) is 0 Å². The molecule has 0 saturated heterocycles. The zero-order chi connectivity index (χ0) is 8.97. The van der Waals surface area contributed by atoms with Gasteiger partial charge in [-0.2, -0.15) is 0 Å². The minimum absolute atomic E-state index is 0.0237. The van der Waals surface area contributed by atoms with Gasteiger partial charge in [-0.15, -0.1) is 11.3 Å². The van der Waals surface area contributed by atoms with E-state index in [1.807, 2.05) is 6.92 Å². The third-order valence-corrected chi connectivity index (χ3v) is 2.26. The van der Waals surface area contributed by atoms with Gasteiger partial charge >= 0.3 is 0 Å². The molecule has 0 N–H and O–H groups in total. The molecule has 0 radical (unpaired) electrons. The monoisotopic (exact) mass is 183 g/mol. The highest BCUT2D eigenvalue weighted by Gasteiger charge is 2.08. The maximum Gasteiger partial charge on any atom is 0.191 e. The van der Waals surface area contributed by atoms with Crippen molar-refractivity contribution in [3.63, 3.8) is 0 Å². The van der Waals surface area contributed by atoms with Crippen LogP contribution < -0.4 is 0 Å². The Morgan fingerprint density at radius 3 is 3.00 bits per heavy atom. The standard InChI is InChI=1S/C8H9NO2S/c1-2-3-7(11)8-9-6(4-10)5-12-8/h4-5H,2-3H2,1H3. The van der Waals surface area contributed by atoms with Gasteiger partial charge in [0, 0.05) is 11.8 Å². The SMILES string of the molecule is CCCC(=O)c1nc(C=O)cs1. The van der Waals surface area contributed by atoms with E-state index in [2.05, 4.69) is 4.98 Å². The van der Waals surface area contributed by atoms with Crippen molar-refractivity contribution < 1.29 is 9.59 Å². The Hall–Kier alpha value is -1.03. The lowest BCUT2D eigenvalue weighted by Crippen LogP contribution is -1.97. The first-order valence-electron chi connectivity index (χ1n) is 3.71. The van der Waals surface area contributed by atoms with E-state index < -0.39 is 0 Å².